The molecule has 0 saturated heterocycles. The molecule has 4 aromatic carbocycles. The molecule has 0 radical (unpaired) electrons. The minimum atomic E-state index is -4.75. The Morgan fingerprint density at radius 3 is 2.12 bits per heavy atom. The molecule has 222 valence electrons. The van der Waals surface area contributed by atoms with E-state index in [1.807, 2.05) is 6.07 Å². The Morgan fingerprint density at radius 1 is 0.953 bits per heavy atom. The van der Waals surface area contributed by atoms with Crippen molar-refractivity contribution < 1.29 is 41.0 Å². The summed E-state index contributed by atoms with van der Waals surface area (Å²) in [6.45, 7) is -0.895. The average molecular weight is 633 g/mol. The van der Waals surface area contributed by atoms with E-state index in [1.54, 1.807) is 0 Å². The molecule has 13 heteroatoms. The number of nitriles is 1. The third kappa shape index (κ3) is 6.49. The Labute approximate surface area is 248 Å². The molecule has 4 aromatic rings. The number of nitrogens with one attached hydrogen (secondary N) is 1. The summed E-state index contributed by atoms with van der Waals surface area (Å²) in [5, 5.41) is 31.8. The van der Waals surface area contributed by atoms with Crippen molar-refractivity contribution in [2.24, 2.45) is 0 Å². The van der Waals surface area contributed by atoms with Gasteiger partial charge >= 0.3 is 6.18 Å². The third-order valence-electron chi connectivity index (χ3n) is 6.68. The first kappa shape index (κ1) is 31.5. The van der Waals surface area contributed by atoms with Crippen LogP contribution < -0.4 is 5.32 Å². The Bertz CT molecular complexity index is 1810. The predicted octanol–water partition coefficient (Wildman–Crippen LogP) is 5.91. The maximum atomic E-state index is 14.2. The molecule has 4 rings (SSSR count). The Kier molecular flexibility index (Phi) is 8.82. The van der Waals surface area contributed by atoms with Gasteiger partial charge in [0, 0.05) is 0 Å². The van der Waals surface area contributed by atoms with Crippen molar-refractivity contribution in [3.05, 3.63) is 130 Å². The Morgan fingerprint density at radius 2 is 1.56 bits per heavy atom. The minimum Gasteiger partial charge on any atom is -0.507 e. The SMILES string of the molecule is N#Cc1ccc(C(C(O)(CNC(=O)c2ccccc2O)c2ccc(C(F)(F)F)cc2)S(=O)(=O)c2ccc(F)cc2)cc1Cl. The zero-order chi connectivity index (χ0) is 31.6. The molecule has 0 saturated carbocycles. The molecule has 0 bridgehead atoms. The maximum Gasteiger partial charge on any atom is 0.416 e. The topological polar surface area (TPSA) is 127 Å². The molecule has 0 aromatic heterocycles. The zero-order valence-corrected chi connectivity index (χ0v) is 23.4. The van der Waals surface area contributed by atoms with E-state index in [0.29, 0.717) is 12.1 Å². The molecule has 0 aliphatic rings. The van der Waals surface area contributed by atoms with Crippen molar-refractivity contribution >= 4 is 27.3 Å². The summed E-state index contributed by atoms with van der Waals surface area (Å²) in [6.07, 6.45) is -4.75. The van der Waals surface area contributed by atoms with Gasteiger partial charge in [-0.15, -0.1) is 0 Å². The number of hydrogen-bond acceptors (Lipinski definition) is 6. The second-order valence-electron chi connectivity index (χ2n) is 9.43. The highest BCUT2D eigenvalue weighted by Gasteiger charge is 2.49. The average Bonchev–Trinajstić information content (AvgIpc) is 2.96. The van der Waals surface area contributed by atoms with E-state index in [0.717, 1.165) is 42.5 Å². The monoisotopic (exact) mass is 632 g/mol. The highest BCUT2D eigenvalue weighted by Crippen LogP contribution is 2.45. The van der Waals surface area contributed by atoms with Crippen LogP contribution in [0.4, 0.5) is 17.6 Å². The molecular formula is C30H21ClF4N2O5S. The van der Waals surface area contributed by atoms with E-state index in [4.69, 9.17) is 11.6 Å². The lowest BCUT2D eigenvalue weighted by Gasteiger charge is -2.37. The number of hydrogen-bond donors (Lipinski definition) is 3. The van der Waals surface area contributed by atoms with E-state index in [1.165, 1.54) is 36.4 Å². The van der Waals surface area contributed by atoms with Gasteiger partial charge in [-0.2, -0.15) is 18.4 Å². The van der Waals surface area contributed by atoms with Crippen LogP contribution in [0.25, 0.3) is 0 Å². The number of carbonyl (C=O) groups is 1. The Hall–Kier alpha value is -4.44. The molecule has 0 aliphatic heterocycles. The number of para-hydroxylation sites is 1. The number of phenols is 1. The van der Waals surface area contributed by atoms with Gasteiger partial charge in [0.2, 0.25) is 0 Å². The smallest absolute Gasteiger partial charge is 0.416 e. The number of nitrogens with zero attached hydrogens (tertiary/aromatic N) is 1. The first-order chi connectivity index (χ1) is 20.2. The van der Waals surface area contributed by atoms with Crippen LogP contribution >= 0.6 is 11.6 Å². The maximum absolute atomic E-state index is 14.2. The summed E-state index contributed by atoms with van der Waals surface area (Å²) in [6, 6.07) is 17.3. The lowest BCUT2D eigenvalue weighted by atomic mass is 9.85. The largest absolute Gasteiger partial charge is 0.507 e. The third-order valence-corrected chi connectivity index (χ3v) is 9.21. The number of benzene rings is 4. The van der Waals surface area contributed by atoms with E-state index in [-0.39, 0.29) is 27.3 Å². The molecule has 0 spiro atoms. The van der Waals surface area contributed by atoms with Crippen molar-refractivity contribution in [3.63, 3.8) is 0 Å². The fourth-order valence-electron chi connectivity index (χ4n) is 4.53. The normalized spacial score (nSPS) is 13.9. The first-order valence-electron chi connectivity index (χ1n) is 12.3. The number of aromatic hydroxyl groups is 1. The number of carbonyl (C=O) groups excluding carboxylic acids is 1. The first-order valence-corrected chi connectivity index (χ1v) is 14.3. The molecule has 2 unspecified atom stereocenters. The molecule has 7 nitrogen and oxygen atoms in total. The van der Waals surface area contributed by atoms with Crippen molar-refractivity contribution in [3.8, 4) is 11.8 Å². The fraction of sp³-hybridized carbons (Fsp3) is 0.133. The molecule has 0 fully saturated rings. The highest BCUT2D eigenvalue weighted by molar-refractivity contribution is 7.91. The van der Waals surface area contributed by atoms with Crippen LogP contribution in [0.5, 0.6) is 5.75 Å². The second kappa shape index (κ2) is 12.0. The van der Waals surface area contributed by atoms with E-state index in [2.05, 4.69) is 5.32 Å². The van der Waals surface area contributed by atoms with Crippen molar-refractivity contribution in [2.45, 2.75) is 21.9 Å². The molecule has 1 amide bonds. The number of amides is 1. The van der Waals surface area contributed by atoms with Gasteiger partial charge in [-0.25, -0.2) is 12.8 Å². The highest BCUT2D eigenvalue weighted by atomic mass is 35.5. The number of aliphatic hydroxyl groups is 1. The van der Waals surface area contributed by atoms with Crippen LogP contribution in [-0.4, -0.2) is 31.1 Å². The van der Waals surface area contributed by atoms with Crippen molar-refractivity contribution in [2.75, 3.05) is 6.54 Å². The van der Waals surface area contributed by atoms with Crippen molar-refractivity contribution in [1.82, 2.24) is 5.32 Å². The van der Waals surface area contributed by atoms with Crippen LogP contribution in [0.3, 0.4) is 0 Å². The molecular weight excluding hydrogens is 612 g/mol. The van der Waals surface area contributed by atoms with Gasteiger partial charge in [-0.05, 0) is 71.8 Å². The number of halogens is 5. The van der Waals surface area contributed by atoms with Gasteiger partial charge < -0.3 is 15.5 Å². The molecule has 0 aliphatic carbocycles. The number of alkyl halides is 3. The number of rotatable bonds is 8. The predicted molar refractivity (Wildman–Crippen MR) is 148 cm³/mol. The molecule has 3 N–H and O–H groups in total. The summed E-state index contributed by atoms with van der Waals surface area (Å²) in [5.74, 6) is -2.11. The number of phenolic OH excluding ortho intramolecular Hbond substituents is 1. The quantitative estimate of drug-likeness (QED) is 0.164. The zero-order valence-electron chi connectivity index (χ0n) is 21.8. The van der Waals surface area contributed by atoms with Gasteiger partial charge in [0.25, 0.3) is 5.91 Å². The minimum absolute atomic E-state index is 0.0331. The standard InChI is InChI=1S/C30H21ClF4N2O5S/c31-25-15-18(5-6-19(25)16-36)27(43(41,42)23-13-11-22(32)12-14-23)29(40,20-7-9-21(10-8-20)30(33,34)35)17-37-28(39)24-3-1-2-4-26(24)38/h1-15,27,38,40H,17H2,(H,37,39). The molecule has 43 heavy (non-hydrogen) atoms. The van der Waals surface area contributed by atoms with Gasteiger partial charge in [0.1, 0.15) is 28.5 Å². The summed E-state index contributed by atoms with van der Waals surface area (Å²) in [7, 11) is -4.75. The second-order valence-corrected chi connectivity index (χ2v) is 11.9. The number of sulfone groups is 1. The van der Waals surface area contributed by atoms with Gasteiger partial charge in [0.05, 0.1) is 33.2 Å². The van der Waals surface area contributed by atoms with Crippen LogP contribution in [0.15, 0.2) is 95.9 Å². The van der Waals surface area contributed by atoms with E-state index < -0.39 is 61.3 Å². The summed E-state index contributed by atoms with van der Waals surface area (Å²) < 4.78 is 82.2. The van der Waals surface area contributed by atoms with Crippen LogP contribution in [0, 0.1) is 17.1 Å². The van der Waals surface area contributed by atoms with Gasteiger partial charge in [-0.1, -0.05) is 41.9 Å². The summed E-state index contributed by atoms with van der Waals surface area (Å²) in [5.41, 5.74) is -4.57. The van der Waals surface area contributed by atoms with Gasteiger partial charge in [-0.3, -0.25) is 4.79 Å². The molecule has 2 atom stereocenters. The fourth-order valence-corrected chi connectivity index (χ4v) is 6.78. The van der Waals surface area contributed by atoms with Crippen LogP contribution in [-0.2, 0) is 21.6 Å². The lowest BCUT2D eigenvalue weighted by molar-refractivity contribution is -0.137. The van der Waals surface area contributed by atoms with Crippen LogP contribution in [0.2, 0.25) is 5.02 Å². The van der Waals surface area contributed by atoms with Crippen molar-refractivity contribution in [1.29, 1.82) is 5.26 Å². The molecule has 0 heterocycles. The summed E-state index contributed by atoms with van der Waals surface area (Å²) >= 11 is 6.21. The van der Waals surface area contributed by atoms with E-state index >= 15 is 0 Å². The van der Waals surface area contributed by atoms with Gasteiger partial charge in [0.15, 0.2) is 9.84 Å². The Balaban J connectivity index is 1.95. The summed E-state index contributed by atoms with van der Waals surface area (Å²) in [4.78, 5) is 12.5. The lowest BCUT2D eigenvalue weighted by Crippen LogP contribution is -2.47. The van der Waals surface area contributed by atoms with Crippen LogP contribution in [0.1, 0.15) is 37.9 Å². The van der Waals surface area contributed by atoms with E-state index in [9.17, 15) is 46.2 Å².